The largest absolute Gasteiger partial charge is 0.377 e. The Balaban J connectivity index is 1.85. The molecule has 2 aliphatic heterocycles. The van der Waals surface area contributed by atoms with Crippen molar-refractivity contribution in [3.8, 4) is 0 Å². The van der Waals surface area contributed by atoms with Crippen LogP contribution >= 0.6 is 0 Å². The van der Waals surface area contributed by atoms with Crippen LogP contribution in [0.4, 0.5) is 0 Å². The van der Waals surface area contributed by atoms with Crippen LogP contribution in [0.1, 0.15) is 32.6 Å². The maximum atomic E-state index is 12.0. The van der Waals surface area contributed by atoms with E-state index >= 15 is 0 Å². The van der Waals surface area contributed by atoms with E-state index in [-0.39, 0.29) is 23.9 Å². The number of rotatable bonds is 4. The fourth-order valence-corrected chi connectivity index (χ4v) is 4.18. The molecule has 0 amide bonds. The van der Waals surface area contributed by atoms with Gasteiger partial charge in [0.25, 0.3) is 0 Å². The highest BCUT2D eigenvalue weighted by atomic mass is 32.2. The summed E-state index contributed by atoms with van der Waals surface area (Å²) in [5.74, 6) is 0.191. The summed E-state index contributed by atoms with van der Waals surface area (Å²) in [6.07, 6.45) is 3.99. The Labute approximate surface area is 103 Å². The van der Waals surface area contributed by atoms with Crippen molar-refractivity contribution in [3.63, 3.8) is 0 Å². The van der Waals surface area contributed by atoms with Crippen molar-refractivity contribution < 1.29 is 13.2 Å². The van der Waals surface area contributed by atoms with Gasteiger partial charge in [-0.15, -0.1) is 0 Å². The number of nitrogens with one attached hydrogen (secondary N) is 2. The van der Waals surface area contributed by atoms with Gasteiger partial charge in [-0.1, -0.05) is 6.42 Å². The van der Waals surface area contributed by atoms with E-state index in [2.05, 4.69) is 10.0 Å². The Bertz CT molecular complexity index is 339. The summed E-state index contributed by atoms with van der Waals surface area (Å²) in [6, 6.07) is 0.0578. The van der Waals surface area contributed by atoms with E-state index in [0.717, 1.165) is 32.2 Å². The summed E-state index contributed by atoms with van der Waals surface area (Å²) >= 11 is 0. The summed E-state index contributed by atoms with van der Waals surface area (Å²) < 4.78 is 32.1. The Kier molecular flexibility index (Phi) is 4.41. The zero-order valence-electron chi connectivity index (χ0n) is 10.3. The SMILES string of the molecule is CC1OCCC1NS(=O)(=O)CC1CCCCN1. The molecule has 2 heterocycles. The third kappa shape index (κ3) is 3.91. The molecule has 0 aromatic heterocycles. The smallest absolute Gasteiger partial charge is 0.213 e. The van der Waals surface area contributed by atoms with E-state index < -0.39 is 10.0 Å². The molecule has 5 nitrogen and oxygen atoms in total. The van der Waals surface area contributed by atoms with Gasteiger partial charge >= 0.3 is 0 Å². The molecule has 0 spiro atoms. The summed E-state index contributed by atoms with van der Waals surface area (Å²) in [5, 5.41) is 3.26. The molecule has 0 saturated carbocycles. The lowest BCUT2D eigenvalue weighted by Crippen LogP contribution is -2.46. The summed E-state index contributed by atoms with van der Waals surface area (Å²) in [6.45, 7) is 3.50. The van der Waals surface area contributed by atoms with E-state index in [9.17, 15) is 8.42 Å². The maximum Gasteiger partial charge on any atom is 0.213 e. The lowest BCUT2D eigenvalue weighted by Gasteiger charge is -2.24. The fourth-order valence-electron chi connectivity index (χ4n) is 2.50. The van der Waals surface area contributed by atoms with Crippen molar-refractivity contribution in [1.82, 2.24) is 10.0 Å². The minimum Gasteiger partial charge on any atom is -0.377 e. The zero-order chi connectivity index (χ0) is 12.3. The van der Waals surface area contributed by atoms with Crippen molar-refractivity contribution in [1.29, 1.82) is 0 Å². The van der Waals surface area contributed by atoms with Gasteiger partial charge in [-0.3, -0.25) is 0 Å². The molecule has 6 heteroatoms. The number of hydrogen-bond donors (Lipinski definition) is 2. The minimum absolute atomic E-state index is 0.0101. The predicted octanol–water partition coefficient (Wildman–Crippen LogP) is 0.225. The van der Waals surface area contributed by atoms with Gasteiger partial charge in [0.15, 0.2) is 0 Å². The molecule has 0 aromatic rings. The molecule has 0 radical (unpaired) electrons. The highest BCUT2D eigenvalue weighted by molar-refractivity contribution is 7.89. The van der Waals surface area contributed by atoms with Crippen molar-refractivity contribution >= 4 is 10.0 Å². The molecule has 3 unspecified atom stereocenters. The van der Waals surface area contributed by atoms with Gasteiger partial charge in [0.05, 0.1) is 11.9 Å². The average molecular weight is 262 g/mol. The van der Waals surface area contributed by atoms with Gasteiger partial charge in [0.1, 0.15) is 0 Å². The van der Waals surface area contributed by atoms with Gasteiger partial charge in [-0.25, -0.2) is 13.1 Å². The quantitative estimate of drug-likeness (QED) is 0.761. The van der Waals surface area contributed by atoms with Crippen LogP contribution in [0.2, 0.25) is 0 Å². The standard InChI is InChI=1S/C11H22N2O3S/c1-9-11(5-7-16-9)13-17(14,15)8-10-4-2-3-6-12-10/h9-13H,2-8H2,1H3. The first-order chi connectivity index (χ1) is 8.07. The second-order valence-electron chi connectivity index (χ2n) is 5.02. The van der Waals surface area contributed by atoms with Crippen LogP contribution in [0.15, 0.2) is 0 Å². The second-order valence-corrected chi connectivity index (χ2v) is 6.82. The lowest BCUT2D eigenvalue weighted by molar-refractivity contribution is 0.117. The molecule has 0 aromatic carbocycles. The molecular formula is C11H22N2O3S. The zero-order valence-corrected chi connectivity index (χ0v) is 11.1. The monoisotopic (exact) mass is 262 g/mol. The average Bonchev–Trinajstić information content (AvgIpc) is 2.64. The summed E-state index contributed by atoms with van der Waals surface area (Å²) in [4.78, 5) is 0. The molecule has 0 bridgehead atoms. The Morgan fingerprint density at radius 3 is 2.76 bits per heavy atom. The summed E-state index contributed by atoms with van der Waals surface area (Å²) in [5.41, 5.74) is 0. The molecule has 2 rings (SSSR count). The van der Waals surface area contributed by atoms with E-state index in [0.29, 0.717) is 6.61 Å². The van der Waals surface area contributed by atoms with E-state index in [1.165, 1.54) is 0 Å². The topological polar surface area (TPSA) is 67.4 Å². The van der Waals surface area contributed by atoms with Gasteiger partial charge in [-0.2, -0.15) is 0 Å². The first-order valence-corrected chi connectivity index (χ1v) is 8.07. The van der Waals surface area contributed by atoms with Crippen molar-refractivity contribution in [2.45, 2.75) is 50.8 Å². The van der Waals surface area contributed by atoms with Crippen LogP contribution in [0.5, 0.6) is 0 Å². The molecular weight excluding hydrogens is 240 g/mol. The molecule has 17 heavy (non-hydrogen) atoms. The second kappa shape index (κ2) is 5.65. The Morgan fingerprint density at radius 1 is 1.35 bits per heavy atom. The highest BCUT2D eigenvalue weighted by Crippen LogP contribution is 2.15. The van der Waals surface area contributed by atoms with E-state index in [4.69, 9.17) is 4.74 Å². The number of ether oxygens (including phenoxy) is 1. The Morgan fingerprint density at radius 2 is 2.18 bits per heavy atom. The van der Waals surface area contributed by atoms with Crippen molar-refractivity contribution in [3.05, 3.63) is 0 Å². The van der Waals surface area contributed by atoms with E-state index in [1.807, 2.05) is 6.92 Å². The fraction of sp³-hybridized carbons (Fsp3) is 1.00. The molecule has 3 atom stereocenters. The van der Waals surface area contributed by atoms with Gasteiger partial charge < -0.3 is 10.1 Å². The minimum atomic E-state index is -3.19. The summed E-state index contributed by atoms with van der Waals surface area (Å²) in [7, 11) is -3.19. The van der Waals surface area contributed by atoms with Crippen LogP contribution in [0.3, 0.4) is 0 Å². The third-order valence-electron chi connectivity index (χ3n) is 3.54. The van der Waals surface area contributed by atoms with Gasteiger partial charge in [0, 0.05) is 18.7 Å². The number of hydrogen-bond acceptors (Lipinski definition) is 4. The first kappa shape index (κ1) is 13.3. The van der Waals surface area contributed by atoms with Crippen LogP contribution in [0.25, 0.3) is 0 Å². The Hall–Kier alpha value is -0.170. The predicted molar refractivity (Wildman–Crippen MR) is 66.4 cm³/mol. The molecule has 2 saturated heterocycles. The first-order valence-electron chi connectivity index (χ1n) is 6.42. The maximum absolute atomic E-state index is 12.0. The number of sulfonamides is 1. The molecule has 2 aliphatic rings. The molecule has 0 aliphatic carbocycles. The van der Waals surface area contributed by atoms with E-state index in [1.54, 1.807) is 0 Å². The van der Waals surface area contributed by atoms with Crippen LogP contribution in [-0.4, -0.2) is 45.5 Å². The van der Waals surface area contributed by atoms with Crippen LogP contribution in [-0.2, 0) is 14.8 Å². The van der Waals surface area contributed by atoms with Crippen LogP contribution in [0, 0.1) is 0 Å². The molecule has 2 N–H and O–H groups in total. The molecule has 2 fully saturated rings. The third-order valence-corrected chi connectivity index (χ3v) is 5.04. The van der Waals surface area contributed by atoms with Crippen molar-refractivity contribution in [2.75, 3.05) is 18.9 Å². The normalized spacial score (nSPS) is 35.0. The number of piperidine rings is 1. The molecule has 100 valence electrons. The van der Waals surface area contributed by atoms with Crippen molar-refractivity contribution in [2.24, 2.45) is 0 Å². The van der Waals surface area contributed by atoms with Crippen LogP contribution < -0.4 is 10.0 Å². The van der Waals surface area contributed by atoms with Gasteiger partial charge in [0.2, 0.25) is 10.0 Å². The lowest BCUT2D eigenvalue weighted by atomic mass is 10.1. The highest BCUT2D eigenvalue weighted by Gasteiger charge is 2.29. The van der Waals surface area contributed by atoms with Gasteiger partial charge in [-0.05, 0) is 32.7 Å².